The number of thiophene rings is 3. The summed E-state index contributed by atoms with van der Waals surface area (Å²) in [7, 11) is 0. The number of amides is 2. The molecule has 2 amide bonds. The molecule has 0 atom stereocenters. The quantitative estimate of drug-likeness (QED) is 0.159. The maximum Gasteiger partial charge on any atom is 0.263 e. The second-order valence-corrected chi connectivity index (χ2v) is 13.9. The molecule has 3 aromatic rings. The normalized spacial score (nSPS) is 13.4. The number of nitrogens with zero attached hydrogens (tertiary/aromatic N) is 1. The van der Waals surface area contributed by atoms with Gasteiger partial charge in [-0.2, -0.15) is 0 Å². The Kier molecular flexibility index (Phi) is 8.43. The van der Waals surface area contributed by atoms with Gasteiger partial charge in [0.2, 0.25) is 0 Å². The smallest absolute Gasteiger partial charge is 0.263 e. The van der Waals surface area contributed by atoms with Crippen molar-refractivity contribution in [1.29, 1.82) is 0 Å². The van der Waals surface area contributed by atoms with E-state index >= 15 is 0 Å². The largest absolute Gasteiger partial charge is 0.274 e. The van der Waals surface area contributed by atoms with Crippen molar-refractivity contribution in [1.82, 2.24) is 4.90 Å². The van der Waals surface area contributed by atoms with Crippen LogP contribution in [0.5, 0.6) is 0 Å². The third-order valence-corrected chi connectivity index (χ3v) is 10.5. The molecular formula is C24H25Br2NO2S3. The predicted molar refractivity (Wildman–Crippen MR) is 144 cm³/mol. The van der Waals surface area contributed by atoms with Gasteiger partial charge in [-0.15, -0.1) is 34.0 Å². The molecule has 0 aromatic carbocycles. The van der Waals surface area contributed by atoms with E-state index in [1.807, 2.05) is 24.3 Å². The minimum Gasteiger partial charge on any atom is -0.274 e. The van der Waals surface area contributed by atoms with Gasteiger partial charge in [-0.25, -0.2) is 0 Å². The molecule has 0 spiro atoms. The van der Waals surface area contributed by atoms with Gasteiger partial charge in [0.05, 0.1) is 28.5 Å². The molecule has 3 aromatic heterocycles. The molecule has 3 nitrogen and oxygen atoms in total. The highest BCUT2D eigenvalue weighted by Crippen LogP contribution is 2.49. The number of rotatable bonds is 11. The SMILES string of the molecule is CCCCCCCCCCN1C(=O)c2c(-c3ccc(Br)s3)sc(-c3ccc(Br)s3)c2C1=O. The van der Waals surface area contributed by atoms with Crippen molar-refractivity contribution in [3.63, 3.8) is 0 Å². The molecule has 0 fully saturated rings. The summed E-state index contributed by atoms with van der Waals surface area (Å²) in [5.41, 5.74) is 1.18. The van der Waals surface area contributed by atoms with Gasteiger partial charge in [0, 0.05) is 16.3 Å². The summed E-state index contributed by atoms with van der Waals surface area (Å²) in [5.74, 6) is -0.267. The van der Waals surface area contributed by atoms with Crippen LogP contribution >= 0.6 is 65.9 Å². The Balaban J connectivity index is 1.53. The van der Waals surface area contributed by atoms with E-state index in [-0.39, 0.29) is 11.8 Å². The van der Waals surface area contributed by atoms with Gasteiger partial charge in [0.1, 0.15) is 0 Å². The fourth-order valence-corrected chi connectivity index (χ4v) is 8.32. The molecule has 1 aliphatic heterocycles. The summed E-state index contributed by atoms with van der Waals surface area (Å²) >= 11 is 11.8. The van der Waals surface area contributed by atoms with Crippen LogP contribution in [-0.4, -0.2) is 23.3 Å². The van der Waals surface area contributed by atoms with Crippen LogP contribution in [-0.2, 0) is 0 Å². The van der Waals surface area contributed by atoms with E-state index in [4.69, 9.17) is 0 Å². The Bertz CT molecular complexity index is 1040. The zero-order chi connectivity index (χ0) is 22.7. The van der Waals surface area contributed by atoms with E-state index in [0.29, 0.717) is 17.7 Å². The second-order valence-electron chi connectivity index (χ2n) is 7.95. The molecule has 0 N–H and O–H groups in total. The lowest BCUT2D eigenvalue weighted by molar-refractivity contribution is 0.0652. The van der Waals surface area contributed by atoms with Crippen molar-refractivity contribution in [2.45, 2.75) is 58.3 Å². The average Bonchev–Trinajstić information content (AvgIpc) is 3.52. The van der Waals surface area contributed by atoms with Crippen molar-refractivity contribution in [3.8, 4) is 19.5 Å². The highest BCUT2D eigenvalue weighted by molar-refractivity contribution is 9.11. The molecule has 8 heteroatoms. The Morgan fingerprint density at radius 2 is 1.16 bits per heavy atom. The molecule has 32 heavy (non-hydrogen) atoms. The zero-order valence-corrected chi connectivity index (χ0v) is 23.5. The molecule has 0 saturated carbocycles. The fourth-order valence-electron chi connectivity index (χ4n) is 4.03. The minimum atomic E-state index is -0.134. The van der Waals surface area contributed by atoms with Crippen LogP contribution in [0.2, 0.25) is 0 Å². The Labute approximate surface area is 218 Å². The molecule has 0 unspecified atom stereocenters. The van der Waals surface area contributed by atoms with Gasteiger partial charge in [0.25, 0.3) is 11.8 Å². The summed E-state index contributed by atoms with van der Waals surface area (Å²) in [6, 6.07) is 8.03. The number of hydrogen-bond donors (Lipinski definition) is 0. The maximum atomic E-state index is 13.4. The molecule has 1 aliphatic rings. The number of carbonyl (C=O) groups excluding carboxylic acids is 2. The van der Waals surface area contributed by atoms with E-state index in [2.05, 4.69) is 38.8 Å². The first kappa shape index (κ1) is 24.3. The monoisotopic (exact) mass is 613 g/mol. The fraction of sp³-hybridized carbons (Fsp3) is 0.417. The Hall–Kier alpha value is -0.800. The zero-order valence-electron chi connectivity index (χ0n) is 17.9. The van der Waals surface area contributed by atoms with Crippen molar-refractivity contribution in [3.05, 3.63) is 43.0 Å². The second kappa shape index (κ2) is 11.1. The summed E-state index contributed by atoms with van der Waals surface area (Å²) < 4.78 is 2.03. The topological polar surface area (TPSA) is 37.4 Å². The number of halogens is 2. The van der Waals surface area contributed by atoms with Crippen molar-refractivity contribution >= 4 is 77.7 Å². The van der Waals surface area contributed by atoms with Crippen LogP contribution < -0.4 is 0 Å². The van der Waals surface area contributed by atoms with Gasteiger partial charge < -0.3 is 0 Å². The van der Waals surface area contributed by atoms with Crippen LogP contribution in [0.15, 0.2) is 31.8 Å². The van der Waals surface area contributed by atoms with Gasteiger partial charge in [-0.1, -0.05) is 51.9 Å². The molecule has 0 saturated heterocycles. The van der Waals surface area contributed by atoms with E-state index in [0.717, 1.165) is 39.9 Å². The first-order valence-electron chi connectivity index (χ1n) is 11.1. The summed E-state index contributed by atoms with van der Waals surface area (Å²) in [6.07, 6.45) is 9.51. The number of hydrogen-bond acceptors (Lipinski definition) is 5. The van der Waals surface area contributed by atoms with Crippen molar-refractivity contribution in [2.24, 2.45) is 0 Å². The van der Waals surface area contributed by atoms with Crippen molar-refractivity contribution in [2.75, 3.05) is 6.54 Å². The highest BCUT2D eigenvalue weighted by atomic mass is 79.9. The number of carbonyl (C=O) groups is 2. The summed E-state index contributed by atoms with van der Waals surface area (Å²) in [6.45, 7) is 2.74. The Morgan fingerprint density at radius 3 is 1.59 bits per heavy atom. The Morgan fingerprint density at radius 1 is 0.688 bits per heavy atom. The standard InChI is InChI=1S/C24H25Br2NO2S3/c1-2-3-4-5-6-7-8-9-14-27-23(28)19-20(24(27)29)22(16-11-13-18(26)31-16)32-21(19)15-10-12-17(25)30-15/h10-13H,2-9,14H2,1H3. The van der Waals surface area contributed by atoms with Gasteiger partial charge in [0.15, 0.2) is 0 Å². The number of unbranched alkanes of at least 4 members (excludes halogenated alkanes) is 7. The third-order valence-electron chi connectivity index (χ3n) is 5.66. The lowest BCUT2D eigenvalue weighted by Gasteiger charge is -2.14. The minimum absolute atomic E-state index is 0.134. The molecule has 4 heterocycles. The van der Waals surface area contributed by atoms with E-state index in [9.17, 15) is 9.59 Å². The molecular weight excluding hydrogens is 590 g/mol. The van der Waals surface area contributed by atoms with Crippen LogP contribution in [0.4, 0.5) is 0 Å². The molecule has 0 radical (unpaired) electrons. The van der Waals surface area contributed by atoms with Crippen LogP contribution in [0.3, 0.4) is 0 Å². The average molecular weight is 615 g/mol. The lowest BCUT2D eigenvalue weighted by Crippen LogP contribution is -2.31. The maximum absolute atomic E-state index is 13.4. The predicted octanol–water partition coefficient (Wildman–Crippen LogP) is 9.47. The molecule has 4 rings (SSSR count). The number of fused-ring (bicyclic) bond motifs is 1. The van der Waals surface area contributed by atoms with Crippen LogP contribution in [0.25, 0.3) is 19.5 Å². The molecule has 0 aliphatic carbocycles. The van der Waals surface area contributed by atoms with E-state index in [1.165, 1.54) is 43.4 Å². The first-order chi connectivity index (χ1) is 15.5. The van der Waals surface area contributed by atoms with E-state index < -0.39 is 0 Å². The van der Waals surface area contributed by atoms with Gasteiger partial charge in [-0.05, 0) is 62.5 Å². The number of imide groups is 1. The van der Waals surface area contributed by atoms with Gasteiger partial charge in [-0.3, -0.25) is 14.5 Å². The lowest BCUT2D eigenvalue weighted by atomic mass is 10.1. The molecule has 0 bridgehead atoms. The van der Waals surface area contributed by atoms with E-state index in [1.54, 1.807) is 34.0 Å². The summed E-state index contributed by atoms with van der Waals surface area (Å²) in [5, 5.41) is 0. The molecule has 170 valence electrons. The third kappa shape index (κ3) is 5.14. The highest BCUT2D eigenvalue weighted by Gasteiger charge is 2.42. The van der Waals surface area contributed by atoms with Crippen LogP contribution in [0, 0.1) is 0 Å². The van der Waals surface area contributed by atoms with Gasteiger partial charge >= 0.3 is 0 Å². The summed E-state index contributed by atoms with van der Waals surface area (Å²) in [4.78, 5) is 32.1. The van der Waals surface area contributed by atoms with Crippen molar-refractivity contribution < 1.29 is 9.59 Å². The van der Waals surface area contributed by atoms with Crippen LogP contribution in [0.1, 0.15) is 79.0 Å². The first-order valence-corrected chi connectivity index (χ1v) is 15.1.